The Morgan fingerprint density at radius 3 is 2.07 bits per heavy atom. The first-order valence-electron chi connectivity index (χ1n) is 5.97. The van der Waals surface area contributed by atoms with Crippen LogP contribution in [0.4, 0.5) is 4.79 Å². The van der Waals surface area contributed by atoms with Gasteiger partial charge in [-0.15, -0.1) is 0 Å². The van der Waals surface area contributed by atoms with E-state index in [2.05, 4.69) is 5.32 Å². The van der Waals surface area contributed by atoms with E-state index in [1.807, 2.05) is 34.6 Å². The fourth-order valence-electron chi connectivity index (χ4n) is 1.54. The largest absolute Gasteiger partial charge is 0.444 e. The molecule has 0 spiro atoms. The summed E-state index contributed by atoms with van der Waals surface area (Å²) in [5.41, 5.74) is -0.386. The Balaban J connectivity index is 0.000000921. The molecule has 3 nitrogen and oxygen atoms in total. The van der Waals surface area contributed by atoms with Crippen molar-refractivity contribution >= 4 is 6.09 Å². The van der Waals surface area contributed by atoms with Crippen molar-refractivity contribution in [2.24, 2.45) is 0 Å². The first-order chi connectivity index (χ1) is 6.97. The summed E-state index contributed by atoms with van der Waals surface area (Å²) in [6, 6.07) is 0.342. The fourth-order valence-corrected chi connectivity index (χ4v) is 1.54. The molecular formula is C12H25NO2. The molecular weight excluding hydrogens is 190 g/mol. The predicted molar refractivity (Wildman–Crippen MR) is 63.0 cm³/mol. The smallest absolute Gasteiger partial charge is 0.407 e. The molecule has 90 valence electrons. The lowest BCUT2D eigenvalue weighted by atomic mass is 10.2. The van der Waals surface area contributed by atoms with Gasteiger partial charge in [-0.1, -0.05) is 26.7 Å². The second kappa shape index (κ2) is 6.70. The highest BCUT2D eigenvalue weighted by molar-refractivity contribution is 5.68. The maximum Gasteiger partial charge on any atom is 0.407 e. The zero-order valence-electron chi connectivity index (χ0n) is 10.7. The zero-order valence-corrected chi connectivity index (χ0v) is 10.7. The van der Waals surface area contributed by atoms with E-state index >= 15 is 0 Å². The van der Waals surface area contributed by atoms with Crippen LogP contribution in [-0.2, 0) is 4.74 Å². The van der Waals surface area contributed by atoms with Crippen LogP contribution in [0.15, 0.2) is 0 Å². The summed E-state index contributed by atoms with van der Waals surface area (Å²) in [5, 5.41) is 2.87. The highest BCUT2D eigenvalue weighted by Crippen LogP contribution is 2.18. The van der Waals surface area contributed by atoms with Gasteiger partial charge >= 0.3 is 6.09 Å². The summed E-state index contributed by atoms with van der Waals surface area (Å²) in [7, 11) is 0. The van der Waals surface area contributed by atoms with Crippen molar-refractivity contribution < 1.29 is 9.53 Å². The first-order valence-corrected chi connectivity index (χ1v) is 5.97. The van der Waals surface area contributed by atoms with Crippen molar-refractivity contribution in [2.75, 3.05) is 0 Å². The molecule has 0 aromatic carbocycles. The molecule has 0 aromatic rings. The SMILES string of the molecule is CC.CC(C)(C)OC(=O)NC1CCCC1. The van der Waals surface area contributed by atoms with Crippen molar-refractivity contribution in [3.05, 3.63) is 0 Å². The number of ether oxygens (including phenoxy) is 1. The van der Waals surface area contributed by atoms with Crippen LogP contribution in [0.5, 0.6) is 0 Å². The number of alkyl carbamates (subject to hydrolysis) is 1. The van der Waals surface area contributed by atoms with Crippen molar-refractivity contribution in [3.63, 3.8) is 0 Å². The van der Waals surface area contributed by atoms with Crippen LogP contribution in [0.25, 0.3) is 0 Å². The second-order valence-corrected chi connectivity index (χ2v) is 4.63. The zero-order chi connectivity index (χ0) is 11.9. The van der Waals surface area contributed by atoms with Gasteiger partial charge in [0.15, 0.2) is 0 Å². The van der Waals surface area contributed by atoms with Gasteiger partial charge in [-0.05, 0) is 33.6 Å². The van der Waals surface area contributed by atoms with Crippen molar-refractivity contribution in [2.45, 2.75) is 71.9 Å². The van der Waals surface area contributed by atoms with Crippen LogP contribution in [0.1, 0.15) is 60.3 Å². The molecule has 0 saturated heterocycles. The quantitative estimate of drug-likeness (QED) is 0.727. The van der Waals surface area contributed by atoms with E-state index in [0.29, 0.717) is 6.04 Å². The Morgan fingerprint density at radius 2 is 1.67 bits per heavy atom. The number of carbonyl (C=O) groups is 1. The molecule has 0 bridgehead atoms. The highest BCUT2D eigenvalue weighted by atomic mass is 16.6. The summed E-state index contributed by atoms with van der Waals surface area (Å²) in [6.07, 6.45) is 4.36. The average Bonchev–Trinajstić information content (AvgIpc) is 2.57. The highest BCUT2D eigenvalue weighted by Gasteiger charge is 2.21. The molecule has 15 heavy (non-hydrogen) atoms. The summed E-state index contributed by atoms with van der Waals surface area (Å²) in [5.74, 6) is 0. The van der Waals surface area contributed by atoms with E-state index in [9.17, 15) is 4.79 Å². The van der Waals surface area contributed by atoms with Gasteiger partial charge < -0.3 is 10.1 Å². The van der Waals surface area contributed by atoms with Crippen LogP contribution < -0.4 is 5.32 Å². The predicted octanol–water partition coefficient (Wildman–Crippen LogP) is 3.48. The number of rotatable bonds is 1. The molecule has 1 N–H and O–H groups in total. The van der Waals surface area contributed by atoms with Gasteiger partial charge in [0, 0.05) is 6.04 Å². The van der Waals surface area contributed by atoms with Gasteiger partial charge in [0.2, 0.25) is 0 Å². The fraction of sp³-hybridized carbons (Fsp3) is 0.917. The van der Waals surface area contributed by atoms with E-state index < -0.39 is 0 Å². The molecule has 3 heteroatoms. The summed E-state index contributed by atoms with van der Waals surface area (Å²) in [4.78, 5) is 11.3. The molecule has 0 atom stereocenters. The third-order valence-electron chi connectivity index (χ3n) is 2.08. The molecule has 0 aromatic heterocycles. The van der Waals surface area contributed by atoms with Gasteiger partial charge in [0.1, 0.15) is 5.60 Å². The Kier molecular flexibility index (Phi) is 6.37. The average molecular weight is 215 g/mol. The molecule has 1 fully saturated rings. The van der Waals surface area contributed by atoms with Crippen molar-refractivity contribution in [3.8, 4) is 0 Å². The molecule has 1 saturated carbocycles. The third kappa shape index (κ3) is 7.23. The van der Waals surface area contributed by atoms with Crippen molar-refractivity contribution in [1.82, 2.24) is 5.32 Å². The molecule has 1 rings (SSSR count). The topological polar surface area (TPSA) is 38.3 Å². The molecule has 1 aliphatic rings. The maximum absolute atomic E-state index is 11.3. The number of carbonyl (C=O) groups excluding carboxylic acids is 1. The lowest BCUT2D eigenvalue weighted by Gasteiger charge is -2.21. The Labute approximate surface area is 93.6 Å². The molecule has 0 aliphatic heterocycles. The van der Waals surface area contributed by atoms with Crippen LogP contribution in [0.2, 0.25) is 0 Å². The molecule has 1 amide bonds. The van der Waals surface area contributed by atoms with Gasteiger partial charge in [0.25, 0.3) is 0 Å². The van der Waals surface area contributed by atoms with Crippen LogP contribution in [0.3, 0.4) is 0 Å². The van der Waals surface area contributed by atoms with Crippen LogP contribution in [0, 0.1) is 0 Å². The van der Waals surface area contributed by atoms with E-state index in [0.717, 1.165) is 12.8 Å². The number of amides is 1. The summed E-state index contributed by atoms with van der Waals surface area (Å²) < 4.78 is 5.15. The second-order valence-electron chi connectivity index (χ2n) is 4.63. The number of nitrogens with one attached hydrogen (secondary N) is 1. The summed E-state index contributed by atoms with van der Waals surface area (Å²) >= 11 is 0. The van der Waals surface area contributed by atoms with E-state index in [-0.39, 0.29) is 11.7 Å². The van der Waals surface area contributed by atoms with Crippen LogP contribution in [-0.4, -0.2) is 17.7 Å². The molecule has 0 radical (unpaired) electrons. The molecule has 1 aliphatic carbocycles. The monoisotopic (exact) mass is 215 g/mol. The van der Waals surface area contributed by atoms with E-state index in [1.54, 1.807) is 0 Å². The van der Waals surface area contributed by atoms with Crippen LogP contribution >= 0.6 is 0 Å². The number of hydrogen-bond donors (Lipinski definition) is 1. The third-order valence-corrected chi connectivity index (χ3v) is 2.08. The van der Waals surface area contributed by atoms with Gasteiger partial charge in [0.05, 0.1) is 0 Å². The van der Waals surface area contributed by atoms with E-state index in [4.69, 9.17) is 4.74 Å². The standard InChI is InChI=1S/C10H19NO2.C2H6/c1-10(2,3)13-9(12)11-8-6-4-5-7-8;1-2/h8H,4-7H2,1-3H3,(H,11,12);1-2H3. The van der Waals surface area contributed by atoms with Crippen molar-refractivity contribution in [1.29, 1.82) is 0 Å². The Hall–Kier alpha value is -0.730. The molecule has 0 unspecified atom stereocenters. The van der Waals surface area contributed by atoms with Gasteiger partial charge in [-0.25, -0.2) is 4.79 Å². The van der Waals surface area contributed by atoms with E-state index in [1.165, 1.54) is 12.8 Å². The summed E-state index contributed by atoms with van der Waals surface area (Å²) in [6.45, 7) is 9.63. The lowest BCUT2D eigenvalue weighted by molar-refractivity contribution is 0.0505. The first kappa shape index (κ1) is 14.3. The minimum Gasteiger partial charge on any atom is -0.444 e. The van der Waals surface area contributed by atoms with Gasteiger partial charge in [-0.3, -0.25) is 0 Å². The normalized spacial score (nSPS) is 16.6. The Morgan fingerprint density at radius 1 is 1.20 bits per heavy atom. The minimum absolute atomic E-state index is 0.278. The maximum atomic E-state index is 11.3. The molecule has 0 heterocycles. The minimum atomic E-state index is -0.386. The van der Waals surface area contributed by atoms with Gasteiger partial charge in [-0.2, -0.15) is 0 Å². The number of hydrogen-bond acceptors (Lipinski definition) is 2. The lowest BCUT2D eigenvalue weighted by Crippen LogP contribution is -2.37. The Bertz CT molecular complexity index is 179.